The van der Waals surface area contributed by atoms with Crippen molar-refractivity contribution < 1.29 is 19.1 Å². The maximum absolute atomic E-state index is 12.1. The van der Waals surface area contributed by atoms with E-state index in [1.54, 1.807) is 0 Å². The largest absolute Gasteiger partial charge is 0.484 e. The summed E-state index contributed by atoms with van der Waals surface area (Å²) in [6, 6.07) is 22.7. The average Bonchev–Trinajstić information content (AvgIpc) is 2.81. The van der Waals surface area contributed by atoms with Crippen LogP contribution in [0.5, 0.6) is 11.5 Å². The fourth-order valence-corrected chi connectivity index (χ4v) is 3.43. The van der Waals surface area contributed by atoms with Crippen LogP contribution in [0, 0.1) is 7.14 Å². The Morgan fingerprint density at radius 3 is 1.47 bits per heavy atom. The molecule has 6 nitrogen and oxygen atoms in total. The molecule has 3 aromatic carbocycles. The van der Waals surface area contributed by atoms with E-state index in [0.717, 1.165) is 18.3 Å². The number of hydrogen-bond donors (Lipinski definition) is 2. The second-order valence-corrected chi connectivity index (χ2v) is 9.35. The standard InChI is InChI=1S/C24H22I2N2O4/c25-19-4-8-21(9-5-19)31-15-23(29)27-13-17-2-1-3-18(12-17)14-28-24(30)16-32-22-10-6-20(26)7-11-22/h1-12H,13-16H2,(H,27,29)(H,28,30). The summed E-state index contributed by atoms with van der Waals surface area (Å²) in [7, 11) is 0. The summed E-state index contributed by atoms with van der Waals surface area (Å²) < 4.78 is 13.2. The minimum atomic E-state index is -0.199. The van der Waals surface area contributed by atoms with Crippen LogP contribution in [0.25, 0.3) is 0 Å². The number of hydrogen-bond acceptors (Lipinski definition) is 4. The van der Waals surface area contributed by atoms with Crippen LogP contribution in [0.15, 0.2) is 72.8 Å². The summed E-state index contributed by atoms with van der Waals surface area (Å²) in [5.74, 6) is 0.915. The quantitative estimate of drug-likeness (QED) is 0.320. The van der Waals surface area contributed by atoms with Crippen molar-refractivity contribution in [2.24, 2.45) is 0 Å². The van der Waals surface area contributed by atoms with Crippen molar-refractivity contribution in [1.29, 1.82) is 0 Å². The summed E-state index contributed by atoms with van der Waals surface area (Å²) in [4.78, 5) is 24.1. The van der Waals surface area contributed by atoms with Crippen molar-refractivity contribution in [3.05, 3.63) is 91.1 Å². The van der Waals surface area contributed by atoms with Crippen LogP contribution in [0.2, 0.25) is 0 Å². The van der Waals surface area contributed by atoms with Gasteiger partial charge in [0.05, 0.1) is 0 Å². The topological polar surface area (TPSA) is 76.7 Å². The third-order valence-electron chi connectivity index (χ3n) is 4.34. The Morgan fingerprint density at radius 2 is 1.06 bits per heavy atom. The Hall–Kier alpha value is -2.34. The van der Waals surface area contributed by atoms with Gasteiger partial charge in [-0.15, -0.1) is 0 Å². The highest BCUT2D eigenvalue weighted by Crippen LogP contribution is 2.14. The van der Waals surface area contributed by atoms with Crippen molar-refractivity contribution in [2.75, 3.05) is 13.2 Å². The maximum Gasteiger partial charge on any atom is 0.258 e. The number of carbonyl (C=O) groups excluding carboxylic acids is 2. The molecule has 3 aromatic rings. The lowest BCUT2D eigenvalue weighted by atomic mass is 10.1. The van der Waals surface area contributed by atoms with E-state index in [4.69, 9.17) is 9.47 Å². The Kier molecular flexibility index (Phi) is 9.60. The summed E-state index contributed by atoms with van der Waals surface area (Å²) in [5, 5.41) is 5.68. The molecule has 8 heteroatoms. The number of rotatable bonds is 10. The molecule has 32 heavy (non-hydrogen) atoms. The number of ether oxygens (including phenoxy) is 2. The van der Waals surface area contributed by atoms with Gasteiger partial charge < -0.3 is 20.1 Å². The van der Waals surface area contributed by atoms with Crippen LogP contribution in [0.3, 0.4) is 0 Å². The molecule has 0 aromatic heterocycles. The van der Waals surface area contributed by atoms with Gasteiger partial charge in [0.15, 0.2) is 13.2 Å². The number of amides is 2. The first-order valence-electron chi connectivity index (χ1n) is 9.86. The number of nitrogens with one attached hydrogen (secondary N) is 2. The molecule has 0 aliphatic carbocycles. The van der Waals surface area contributed by atoms with Gasteiger partial charge in [-0.2, -0.15) is 0 Å². The molecule has 0 bridgehead atoms. The van der Waals surface area contributed by atoms with E-state index in [1.807, 2.05) is 72.8 Å². The van der Waals surface area contributed by atoms with Crippen molar-refractivity contribution in [1.82, 2.24) is 10.6 Å². The molecular weight excluding hydrogens is 634 g/mol. The SMILES string of the molecule is O=C(COc1ccc(I)cc1)NCc1cccc(CNC(=O)COc2ccc(I)cc2)c1. The first-order chi connectivity index (χ1) is 15.5. The number of benzene rings is 3. The minimum absolute atomic E-state index is 0.0447. The Morgan fingerprint density at radius 1 is 0.656 bits per heavy atom. The van der Waals surface area contributed by atoms with Gasteiger partial charge in [-0.05, 0) is 105 Å². The first kappa shape index (κ1) is 24.3. The molecule has 0 spiro atoms. The van der Waals surface area contributed by atoms with Crippen LogP contribution in [0.4, 0.5) is 0 Å². The van der Waals surface area contributed by atoms with Crippen LogP contribution in [-0.4, -0.2) is 25.0 Å². The van der Waals surface area contributed by atoms with Gasteiger partial charge in [-0.25, -0.2) is 0 Å². The minimum Gasteiger partial charge on any atom is -0.484 e. The zero-order chi connectivity index (χ0) is 22.8. The fraction of sp³-hybridized carbons (Fsp3) is 0.167. The summed E-state index contributed by atoms with van der Waals surface area (Å²) >= 11 is 4.43. The van der Waals surface area contributed by atoms with E-state index in [9.17, 15) is 9.59 Å². The van der Waals surface area contributed by atoms with Crippen LogP contribution >= 0.6 is 45.2 Å². The van der Waals surface area contributed by atoms with E-state index in [0.29, 0.717) is 24.6 Å². The van der Waals surface area contributed by atoms with Gasteiger partial charge in [0.2, 0.25) is 0 Å². The molecule has 3 rings (SSSR count). The van der Waals surface area contributed by atoms with E-state index in [-0.39, 0.29) is 25.0 Å². The van der Waals surface area contributed by atoms with Crippen molar-refractivity contribution in [2.45, 2.75) is 13.1 Å². The summed E-state index contributed by atoms with van der Waals surface area (Å²) in [6.07, 6.45) is 0. The highest BCUT2D eigenvalue weighted by Gasteiger charge is 2.06. The third-order valence-corrected chi connectivity index (χ3v) is 5.78. The molecule has 0 saturated heterocycles. The Labute approximate surface area is 214 Å². The molecule has 166 valence electrons. The lowest BCUT2D eigenvalue weighted by Gasteiger charge is -2.10. The molecule has 2 amide bonds. The van der Waals surface area contributed by atoms with Gasteiger partial charge in [0.25, 0.3) is 11.8 Å². The van der Waals surface area contributed by atoms with Crippen LogP contribution in [0.1, 0.15) is 11.1 Å². The van der Waals surface area contributed by atoms with E-state index in [2.05, 4.69) is 55.8 Å². The molecule has 0 atom stereocenters. The summed E-state index contributed by atoms with van der Waals surface area (Å²) in [6.45, 7) is 0.674. The molecular formula is C24H22I2N2O4. The number of carbonyl (C=O) groups is 2. The zero-order valence-electron chi connectivity index (χ0n) is 17.1. The van der Waals surface area contributed by atoms with Crippen LogP contribution in [-0.2, 0) is 22.7 Å². The normalized spacial score (nSPS) is 10.3. The molecule has 0 saturated carbocycles. The van der Waals surface area contributed by atoms with Gasteiger partial charge in [0, 0.05) is 20.2 Å². The molecule has 0 radical (unpaired) electrons. The first-order valence-corrected chi connectivity index (χ1v) is 12.0. The predicted octanol–water partition coefficient (Wildman–Crippen LogP) is 4.29. The Bertz CT molecular complexity index is 960. The number of halogens is 2. The average molecular weight is 656 g/mol. The smallest absolute Gasteiger partial charge is 0.258 e. The molecule has 0 aliphatic heterocycles. The maximum atomic E-state index is 12.1. The molecule has 0 heterocycles. The lowest BCUT2D eigenvalue weighted by molar-refractivity contribution is -0.124. The highest BCUT2D eigenvalue weighted by atomic mass is 127. The third kappa shape index (κ3) is 8.65. The highest BCUT2D eigenvalue weighted by molar-refractivity contribution is 14.1. The molecule has 0 aliphatic rings. The molecule has 2 N–H and O–H groups in total. The lowest BCUT2D eigenvalue weighted by Crippen LogP contribution is -2.29. The Balaban J connectivity index is 1.38. The van der Waals surface area contributed by atoms with Gasteiger partial charge in [-0.1, -0.05) is 24.3 Å². The summed E-state index contributed by atoms with van der Waals surface area (Å²) in [5.41, 5.74) is 1.88. The van der Waals surface area contributed by atoms with E-state index < -0.39 is 0 Å². The zero-order valence-corrected chi connectivity index (χ0v) is 21.5. The van der Waals surface area contributed by atoms with Crippen LogP contribution < -0.4 is 20.1 Å². The fourth-order valence-electron chi connectivity index (χ4n) is 2.71. The molecule has 0 unspecified atom stereocenters. The van der Waals surface area contributed by atoms with Gasteiger partial charge in [-0.3, -0.25) is 9.59 Å². The monoisotopic (exact) mass is 656 g/mol. The second-order valence-electron chi connectivity index (χ2n) is 6.86. The van der Waals surface area contributed by atoms with Crippen molar-refractivity contribution in [3.63, 3.8) is 0 Å². The van der Waals surface area contributed by atoms with Gasteiger partial charge in [0.1, 0.15) is 11.5 Å². The van der Waals surface area contributed by atoms with E-state index >= 15 is 0 Å². The second kappa shape index (κ2) is 12.6. The predicted molar refractivity (Wildman–Crippen MR) is 139 cm³/mol. The van der Waals surface area contributed by atoms with E-state index in [1.165, 1.54) is 0 Å². The molecule has 0 fully saturated rings. The van der Waals surface area contributed by atoms with Crippen molar-refractivity contribution >= 4 is 57.0 Å². The van der Waals surface area contributed by atoms with Gasteiger partial charge >= 0.3 is 0 Å². The van der Waals surface area contributed by atoms with Crippen molar-refractivity contribution in [3.8, 4) is 11.5 Å².